The average Bonchev–Trinajstić information content (AvgIpc) is 2.84. The molecule has 1 atom stereocenters. The lowest BCUT2D eigenvalue weighted by molar-refractivity contribution is -0.432. The molecule has 0 aliphatic heterocycles. The van der Waals surface area contributed by atoms with Gasteiger partial charge in [-0.3, -0.25) is 9.11 Å². The highest BCUT2D eigenvalue weighted by Crippen LogP contribution is 2.32. The van der Waals surface area contributed by atoms with E-state index in [0.717, 1.165) is 6.07 Å². The van der Waals surface area contributed by atoms with Gasteiger partial charge in [0.25, 0.3) is 20.2 Å². The lowest BCUT2D eigenvalue weighted by Crippen LogP contribution is -2.24. The largest absolute Gasteiger partial charge is 0.394 e. The molecule has 20 heteroatoms. The maximum absolute atomic E-state index is 12.1. The molecule has 0 aliphatic rings. The van der Waals surface area contributed by atoms with Crippen molar-refractivity contribution in [2.45, 2.75) is 15.9 Å². The van der Waals surface area contributed by atoms with Gasteiger partial charge in [-0.05, 0) is 29.7 Å². The Morgan fingerprint density at radius 2 is 1.66 bits per heavy atom. The Labute approximate surface area is 219 Å². The molecule has 38 heavy (non-hydrogen) atoms. The minimum Gasteiger partial charge on any atom is -0.394 e. The summed E-state index contributed by atoms with van der Waals surface area (Å²) in [7, 11) is -8.97. The number of hydrogen-bond donors (Lipinski definition) is 8. The Morgan fingerprint density at radius 1 is 0.974 bits per heavy atom. The van der Waals surface area contributed by atoms with Gasteiger partial charge in [-0.1, -0.05) is 11.1 Å². The molecule has 2 aromatic carbocycles. The topological polar surface area (TPSA) is 263 Å². The van der Waals surface area contributed by atoms with Crippen LogP contribution in [-0.4, -0.2) is 87.9 Å². The van der Waals surface area contributed by atoms with Crippen LogP contribution in [0.1, 0.15) is 0 Å². The van der Waals surface area contributed by atoms with E-state index in [1.54, 1.807) is 0 Å². The number of rotatable bonds is 14. The van der Waals surface area contributed by atoms with E-state index in [1.807, 2.05) is 0 Å². The van der Waals surface area contributed by atoms with Crippen molar-refractivity contribution < 1.29 is 50.8 Å². The van der Waals surface area contributed by atoms with Crippen LogP contribution in [0.4, 0.5) is 23.5 Å². The lowest BCUT2D eigenvalue weighted by Gasteiger charge is -2.14. The summed E-state index contributed by atoms with van der Waals surface area (Å²) < 4.78 is 69.2. The van der Waals surface area contributed by atoms with Crippen LogP contribution in [0.3, 0.4) is 0 Å². The molecule has 3 rings (SSSR count). The number of aromatic nitrogens is 3. The number of anilines is 4. The Bertz CT molecular complexity index is 1490. The molecule has 0 aliphatic carbocycles. The molecular formula is C18H22N6O11S3. The van der Waals surface area contributed by atoms with Crippen molar-refractivity contribution in [3.8, 4) is 0 Å². The van der Waals surface area contributed by atoms with Crippen LogP contribution in [0.2, 0.25) is 0 Å². The number of aliphatic hydroxyl groups is 2. The second-order valence-corrected chi connectivity index (χ2v) is 11.2. The summed E-state index contributed by atoms with van der Waals surface area (Å²) in [4.78, 5) is 12.1. The highest BCUT2D eigenvalue weighted by molar-refractivity contribution is 7.94. The van der Waals surface area contributed by atoms with Gasteiger partial charge in [0, 0.05) is 29.1 Å². The van der Waals surface area contributed by atoms with Gasteiger partial charge in [0.2, 0.25) is 17.8 Å². The molecule has 1 aromatic heterocycles. The Balaban J connectivity index is 1.99. The Hall–Kier alpha value is -2.92. The summed E-state index contributed by atoms with van der Waals surface area (Å²) in [5.74, 6) is -1.08. The van der Waals surface area contributed by atoms with Crippen LogP contribution in [0.25, 0.3) is 10.8 Å². The third-order valence-corrected chi connectivity index (χ3v) is 6.75. The van der Waals surface area contributed by atoms with Crippen molar-refractivity contribution in [3.63, 3.8) is 0 Å². The first-order valence-corrected chi connectivity index (χ1v) is 14.1. The van der Waals surface area contributed by atoms with Gasteiger partial charge < -0.3 is 26.2 Å². The van der Waals surface area contributed by atoms with E-state index < -0.39 is 43.6 Å². The van der Waals surface area contributed by atoms with E-state index in [0.29, 0.717) is 22.3 Å². The van der Waals surface area contributed by atoms with E-state index in [9.17, 15) is 26.5 Å². The first kappa shape index (κ1) is 29.6. The minimum absolute atomic E-state index is 0.100. The van der Waals surface area contributed by atoms with E-state index in [1.165, 1.54) is 24.3 Å². The quantitative estimate of drug-likeness (QED) is 0.0546. The SMILES string of the molecule is O=S(=O)(O)CCNc1nc(NCC(O)CO)nc(Nc2cc(S(=O)(=O)O)c3ccc(SOOO)cc3c2)n1. The van der Waals surface area contributed by atoms with Gasteiger partial charge in [-0.2, -0.15) is 31.8 Å². The summed E-state index contributed by atoms with van der Waals surface area (Å²) in [6.07, 6.45) is -1.15. The molecular weight excluding hydrogens is 572 g/mol. The molecule has 0 radical (unpaired) electrons. The zero-order valence-corrected chi connectivity index (χ0v) is 21.5. The standard InChI is InChI=1S/C18H22N6O11S3/c25-9-12(26)8-20-17-22-16(19-3-4-37(28,29)30)23-18(24-17)21-11-5-10-6-13(36-35-34-27)1-2-14(10)15(7-11)38(31,32)33/h1-2,5-7,12,25-27H,3-4,8-9H2,(H,28,29,30)(H,31,32,33)(H3,19,20,21,22,23,24). The van der Waals surface area contributed by atoms with Crippen LogP contribution < -0.4 is 16.0 Å². The fourth-order valence-electron chi connectivity index (χ4n) is 2.99. The fourth-order valence-corrected chi connectivity index (χ4v) is 4.50. The van der Waals surface area contributed by atoms with Crippen LogP contribution >= 0.6 is 12.0 Å². The van der Waals surface area contributed by atoms with Crippen LogP contribution in [0.5, 0.6) is 0 Å². The number of hydrogen-bond acceptors (Lipinski definition) is 16. The molecule has 0 saturated carbocycles. The number of nitrogens with zero attached hydrogens (tertiary/aromatic N) is 3. The van der Waals surface area contributed by atoms with Gasteiger partial charge in [-0.15, -0.1) is 4.33 Å². The van der Waals surface area contributed by atoms with Crippen LogP contribution in [0, 0.1) is 0 Å². The van der Waals surface area contributed by atoms with E-state index >= 15 is 0 Å². The molecule has 1 unspecified atom stereocenters. The molecule has 208 valence electrons. The first-order valence-electron chi connectivity index (χ1n) is 10.3. The minimum atomic E-state index is -4.69. The molecule has 0 fully saturated rings. The average molecular weight is 595 g/mol. The van der Waals surface area contributed by atoms with Crippen LogP contribution in [-0.2, 0) is 29.6 Å². The smallest absolute Gasteiger partial charge is 0.295 e. The zero-order valence-electron chi connectivity index (χ0n) is 19.0. The molecule has 1 heterocycles. The molecule has 17 nitrogen and oxygen atoms in total. The monoisotopic (exact) mass is 594 g/mol. The van der Waals surface area contributed by atoms with Gasteiger partial charge in [0.05, 0.1) is 30.5 Å². The third kappa shape index (κ3) is 8.83. The normalized spacial score (nSPS) is 12.9. The maximum atomic E-state index is 12.1. The van der Waals surface area contributed by atoms with Crippen molar-refractivity contribution in [2.24, 2.45) is 0 Å². The summed E-state index contributed by atoms with van der Waals surface area (Å²) in [5.41, 5.74) is 0.100. The fraction of sp³-hybridized carbons (Fsp3) is 0.278. The zero-order chi connectivity index (χ0) is 27.9. The van der Waals surface area contributed by atoms with Gasteiger partial charge in [0.1, 0.15) is 4.90 Å². The number of fused-ring (bicyclic) bond motifs is 1. The van der Waals surface area contributed by atoms with Crippen LogP contribution in [0.15, 0.2) is 40.1 Å². The van der Waals surface area contributed by atoms with E-state index in [2.05, 4.69) is 40.3 Å². The van der Waals surface area contributed by atoms with Gasteiger partial charge >= 0.3 is 0 Å². The Morgan fingerprint density at radius 3 is 2.29 bits per heavy atom. The summed E-state index contributed by atoms with van der Waals surface area (Å²) >= 11 is 0.628. The highest BCUT2D eigenvalue weighted by atomic mass is 32.2. The maximum Gasteiger partial charge on any atom is 0.295 e. The van der Waals surface area contributed by atoms with Crippen molar-refractivity contribution in [2.75, 3.05) is 41.4 Å². The van der Waals surface area contributed by atoms with Gasteiger partial charge in [-0.25, -0.2) is 5.26 Å². The second-order valence-electron chi connectivity index (χ2n) is 7.42. The summed E-state index contributed by atoms with van der Waals surface area (Å²) in [5, 5.41) is 39.0. The highest BCUT2D eigenvalue weighted by Gasteiger charge is 2.18. The number of benzene rings is 2. The van der Waals surface area contributed by atoms with E-state index in [-0.39, 0.29) is 42.0 Å². The summed E-state index contributed by atoms with van der Waals surface area (Å²) in [6.45, 7) is -0.981. The Kier molecular flexibility index (Phi) is 9.94. The molecule has 0 bridgehead atoms. The lowest BCUT2D eigenvalue weighted by atomic mass is 10.1. The predicted octanol–water partition coefficient (Wildman–Crippen LogP) is 0.508. The van der Waals surface area contributed by atoms with Crippen molar-refractivity contribution in [3.05, 3.63) is 30.3 Å². The predicted molar refractivity (Wildman–Crippen MR) is 134 cm³/mol. The van der Waals surface area contributed by atoms with Gasteiger partial charge in [0.15, 0.2) is 0 Å². The van der Waals surface area contributed by atoms with Crippen molar-refractivity contribution in [1.29, 1.82) is 0 Å². The molecule has 8 N–H and O–H groups in total. The summed E-state index contributed by atoms with van der Waals surface area (Å²) in [6, 6.07) is 6.96. The first-order chi connectivity index (χ1) is 17.9. The molecule has 0 amide bonds. The van der Waals surface area contributed by atoms with Crippen molar-refractivity contribution in [1.82, 2.24) is 15.0 Å². The number of aliphatic hydroxyl groups excluding tert-OH is 2. The van der Waals surface area contributed by atoms with E-state index in [4.69, 9.17) is 14.9 Å². The molecule has 0 saturated heterocycles. The second kappa shape index (κ2) is 12.8. The molecule has 0 spiro atoms. The third-order valence-electron chi connectivity index (χ3n) is 4.57. The molecule has 3 aromatic rings. The van der Waals surface area contributed by atoms with Crippen molar-refractivity contribution >= 4 is 66.6 Å². The number of nitrogens with one attached hydrogen (secondary N) is 3.